The maximum absolute atomic E-state index is 5.52. The van der Waals surface area contributed by atoms with Crippen LogP contribution in [0, 0.1) is 11.8 Å². The number of methoxy groups -OCH3 is 1. The molecule has 14 heavy (non-hydrogen) atoms. The summed E-state index contributed by atoms with van der Waals surface area (Å²) >= 11 is 0. The highest BCUT2D eigenvalue weighted by Gasteiger charge is 2.24. The van der Waals surface area contributed by atoms with E-state index in [0.717, 1.165) is 24.9 Å². The molecule has 0 aliphatic heterocycles. The Hall–Kier alpha value is -0.0800. The van der Waals surface area contributed by atoms with Crippen LogP contribution in [-0.4, -0.2) is 26.3 Å². The molecular formula is C12H25NO. The third kappa shape index (κ3) is 3.97. The first-order valence-electron chi connectivity index (χ1n) is 5.97. The summed E-state index contributed by atoms with van der Waals surface area (Å²) in [4.78, 5) is 0. The minimum Gasteiger partial charge on any atom is -0.381 e. The van der Waals surface area contributed by atoms with E-state index in [1.165, 1.54) is 25.7 Å². The zero-order chi connectivity index (χ0) is 10.4. The lowest BCUT2D eigenvalue weighted by Gasteiger charge is -2.30. The van der Waals surface area contributed by atoms with Crippen molar-refractivity contribution in [2.24, 2.45) is 11.8 Å². The molecule has 2 heteroatoms. The second-order valence-electron chi connectivity index (χ2n) is 4.87. The highest BCUT2D eigenvalue weighted by Crippen LogP contribution is 2.25. The van der Waals surface area contributed by atoms with Crippen molar-refractivity contribution in [3.63, 3.8) is 0 Å². The topological polar surface area (TPSA) is 21.3 Å². The average Bonchev–Trinajstić information content (AvgIpc) is 2.18. The van der Waals surface area contributed by atoms with Gasteiger partial charge in [-0.15, -0.1) is 0 Å². The van der Waals surface area contributed by atoms with E-state index in [1.54, 1.807) is 0 Å². The van der Waals surface area contributed by atoms with Crippen molar-refractivity contribution < 1.29 is 4.74 Å². The summed E-state index contributed by atoms with van der Waals surface area (Å²) in [5.74, 6) is 1.49. The van der Waals surface area contributed by atoms with Gasteiger partial charge in [-0.25, -0.2) is 0 Å². The van der Waals surface area contributed by atoms with Gasteiger partial charge in [-0.2, -0.15) is 0 Å². The molecular weight excluding hydrogens is 174 g/mol. The van der Waals surface area contributed by atoms with Crippen LogP contribution in [0.2, 0.25) is 0 Å². The molecule has 2 unspecified atom stereocenters. The number of rotatable bonds is 5. The quantitative estimate of drug-likeness (QED) is 0.734. The minimum atomic E-state index is 0.503. The Labute approximate surface area is 88.4 Å². The molecule has 0 aromatic rings. The Morgan fingerprint density at radius 2 is 2.00 bits per heavy atom. The highest BCUT2D eigenvalue weighted by molar-refractivity contribution is 4.77. The molecule has 0 spiro atoms. The fraction of sp³-hybridized carbons (Fsp3) is 1.00. The number of ether oxygens (including phenoxy) is 1. The van der Waals surface area contributed by atoms with Crippen molar-refractivity contribution in [3.05, 3.63) is 0 Å². The Balaban J connectivity index is 2.19. The lowest BCUT2D eigenvalue weighted by atomic mass is 9.86. The Kier molecular flexibility index (Phi) is 5.49. The average molecular weight is 199 g/mol. The van der Waals surface area contributed by atoms with Gasteiger partial charge in [0.2, 0.25) is 0 Å². The minimum absolute atomic E-state index is 0.503. The molecule has 1 aliphatic carbocycles. The molecule has 0 aromatic carbocycles. The van der Waals surface area contributed by atoms with Gasteiger partial charge in [-0.05, 0) is 31.2 Å². The first-order valence-corrected chi connectivity index (χ1v) is 5.97. The molecule has 1 fully saturated rings. The van der Waals surface area contributed by atoms with Crippen LogP contribution in [0.15, 0.2) is 0 Å². The Bertz CT molecular complexity index is 147. The fourth-order valence-electron chi connectivity index (χ4n) is 2.27. The van der Waals surface area contributed by atoms with Crippen LogP contribution in [0.1, 0.15) is 39.5 Å². The maximum Gasteiger partial charge on any atom is 0.0611 e. The predicted molar refractivity (Wildman–Crippen MR) is 60.5 cm³/mol. The molecule has 0 radical (unpaired) electrons. The van der Waals surface area contributed by atoms with Crippen molar-refractivity contribution in [3.8, 4) is 0 Å². The van der Waals surface area contributed by atoms with E-state index < -0.39 is 0 Å². The number of hydrogen-bond acceptors (Lipinski definition) is 2. The summed E-state index contributed by atoms with van der Waals surface area (Å²) in [5, 5.41) is 3.54. The van der Waals surface area contributed by atoms with E-state index >= 15 is 0 Å². The van der Waals surface area contributed by atoms with E-state index in [4.69, 9.17) is 4.74 Å². The van der Waals surface area contributed by atoms with Gasteiger partial charge in [0, 0.05) is 13.7 Å². The van der Waals surface area contributed by atoms with E-state index in [1.807, 2.05) is 7.11 Å². The van der Waals surface area contributed by atoms with Gasteiger partial charge in [-0.3, -0.25) is 0 Å². The number of nitrogens with one attached hydrogen (secondary N) is 1. The van der Waals surface area contributed by atoms with Crippen molar-refractivity contribution >= 4 is 0 Å². The third-order valence-corrected chi connectivity index (χ3v) is 3.10. The molecule has 0 heterocycles. The van der Waals surface area contributed by atoms with Gasteiger partial charge in [0.25, 0.3) is 0 Å². The summed E-state index contributed by atoms with van der Waals surface area (Å²) in [6.07, 6.45) is 5.82. The summed E-state index contributed by atoms with van der Waals surface area (Å²) < 4.78 is 5.52. The van der Waals surface area contributed by atoms with Crippen molar-refractivity contribution in [2.45, 2.75) is 45.6 Å². The number of hydrogen-bond donors (Lipinski definition) is 1. The highest BCUT2D eigenvalue weighted by atomic mass is 16.5. The molecule has 1 N–H and O–H groups in total. The van der Waals surface area contributed by atoms with Gasteiger partial charge in [-0.1, -0.05) is 26.7 Å². The van der Waals surface area contributed by atoms with Crippen LogP contribution in [0.5, 0.6) is 0 Å². The van der Waals surface area contributed by atoms with Crippen LogP contribution in [0.25, 0.3) is 0 Å². The van der Waals surface area contributed by atoms with Gasteiger partial charge in [0.1, 0.15) is 0 Å². The molecule has 0 aromatic heterocycles. The molecule has 2 atom stereocenters. The second-order valence-corrected chi connectivity index (χ2v) is 4.87. The molecule has 1 rings (SSSR count). The molecule has 84 valence electrons. The lowest BCUT2D eigenvalue weighted by molar-refractivity contribution is 0.0238. The molecule has 0 amide bonds. The van der Waals surface area contributed by atoms with Crippen LogP contribution >= 0.6 is 0 Å². The van der Waals surface area contributed by atoms with Crippen molar-refractivity contribution in [2.75, 3.05) is 20.2 Å². The SMILES string of the molecule is COC1CCCCC1CNCC(C)C. The zero-order valence-electron chi connectivity index (χ0n) is 9.88. The molecule has 1 aliphatic rings. The summed E-state index contributed by atoms with van der Waals surface area (Å²) in [6.45, 7) is 6.77. The van der Waals surface area contributed by atoms with Crippen molar-refractivity contribution in [1.29, 1.82) is 0 Å². The van der Waals surface area contributed by atoms with E-state index in [2.05, 4.69) is 19.2 Å². The van der Waals surface area contributed by atoms with E-state index in [9.17, 15) is 0 Å². The van der Waals surface area contributed by atoms with E-state index in [0.29, 0.717) is 6.10 Å². The van der Waals surface area contributed by atoms with Gasteiger partial charge < -0.3 is 10.1 Å². The standard InChI is InChI=1S/C12H25NO/c1-10(2)8-13-9-11-6-4-5-7-12(11)14-3/h10-13H,4-9H2,1-3H3. The van der Waals surface area contributed by atoms with Gasteiger partial charge in [0.05, 0.1) is 6.10 Å². The monoisotopic (exact) mass is 199 g/mol. The second kappa shape index (κ2) is 6.41. The first kappa shape index (κ1) is 12.0. The van der Waals surface area contributed by atoms with Gasteiger partial charge in [0.15, 0.2) is 0 Å². The first-order chi connectivity index (χ1) is 6.74. The zero-order valence-corrected chi connectivity index (χ0v) is 9.88. The fourth-order valence-corrected chi connectivity index (χ4v) is 2.27. The van der Waals surface area contributed by atoms with Gasteiger partial charge >= 0.3 is 0 Å². The molecule has 0 bridgehead atoms. The van der Waals surface area contributed by atoms with Crippen molar-refractivity contribution in [1.82, 2.24) is 5.32 Å². The molecule has 0 saturated heterocycles. The van der Waals surface area contributed by atoms with Crippen LogP contribution < -0.4 is 5.32 Å². The summed E-state index contributed by atoms with van der Waals surface area (Å²) in [5.41, 5.74) is 0. The van der Waals surface area contributed by atoms with Crippen LogP contribution in [0.3, 0.4) is 0 Å². The lowest BCUT2D eigenvalue weighted by Crippen LogP contribution is -2.36. The van der Waals surface area contributed by atoms with Crippen LogP contribution in [-0.2, 0) is 4.74 Å². The molecule has 2 nitrogen and oxygen atoms in total. The largest absolute Gasteiger partial charge is 0.381 e. The Morgan fingerprint density at radius 3 is 2.64 bits per heavy atom. The maximum atomic E-state index is 5.52. The van der Waals surface area contributed by atoms with Crippen LogP contribution in [0.4, 0.5) is 0 Å². The predicted octanol–water partition coefficient (Wildman–Crippen LogP) is 2.44. The Morgan fingerprint density at radius 1 is 1.29 bits per heavy atom. The molecule has 1 saturated carbocycles. The smallest absolute Gasteiger partial charge is 0.0611 e. The summed E-state index contributed by atoms with van der Waals surface area (Å²) in [7, 11) is 1.85. The third-order valence-electron chi connectivity index (χ3n) is 3.10. The van der Waals surface area contributed by atoms with E-state index in [-0.39, 0.29) is 0 Å². The summed E-state index contributed by atoms with van der Waals surface area (Å²) in [6, 6.07) is 0. The normalized spacial score (nSPS) is 28.3.